The van der Waals surface area contributed by atoms with Gasteiger partial charge in [-0.05, 0) is 27.6 Å². The van der Waals surface area contributed by atoms with Gasteiger partial charge in [0.2, 0.25) is 0 Å². The molecule has 0 spiro atoms. The number of benzene rings is 1. The smallest absolute Gasteiger partial charge is 0.417 e. The Morgan fingerprint density at radius 3 is 2.67 bits per heavy atom. The molecule has 1 atom stereocenters. The van der Waals surface area contributed by atoms with Gasteiger partial charge in [-0.2, -0.15) is 0 Å². The van der Waals surface area contributed by atoms with Crippen LogP contribution in [0.5, 0.6) is 0 Å². The number of carbonyl (C=O) groups is 3. The number of hydrogen-bond donors (Lipinski definition) is 1. The SMILES string of the molecule is O=C(NC(CN1C(=O)COC1=O)c1ccccc1)c1cc(Br)cs1. The van der Waals surface area contributed by atoms with E-state index in [9.17, 15) is 14.4 Å². The van der Waals surface area contributed by atoms with Crippen LogP contribution in [0.4, 0.5) is 4.79 Å². The molecule has 6 nitrogen and oxygen atoms in total. The molecular formula is C16H13BrN2O4S. The number of nitrogens with zero attached hydrogens (tertiary/aromatic N) is 1. The van der Waals surface area contributed by atoms with E-state index < -0.39 is 18.0 Å². The highest BCUT2D eigenvalue weighted by Gasteiger charge is 2.33. The zero-order valence-corrected chi connectivity index (χ0v) is 14.8. The van der Waals surface area contributed by atoms with Gasteiger partial charge in [0.25, 0.3) is 11.8 Å². The van der Waals surface area contributed by atoms with Crippen molar-refractivity contribution in [2.75, 3.05) is 13.2 Å². The molecule has 1 aliphatic heterocycles. The lowest BCUT2D eigenvalue weighted by Gasteiger charge is -2.22. The van der Waals surface area contributed by atoms with Crippen molar-refractivity contribution >= 4 is 45.2 Å². The first-order chi connectivity index (χ1) is 11.5. The molecule has 0 saturated carbocycles. The van der Waals surface area contributed by atoms with Gasteiger partial charge in [-0.3, -0.25) is 9.59 Å². The van der Waals surface area contributed by atoms with Crippen LogP contribution in [-0.2, 0) is 9.53 Å². The Labute approximate surface area is 150 Å². The van der Waals surface area contributed by atoms with E-state index in [1.165, 1.54) is 11.3 Å². The van der Waals surface area contributed by atoms with E-state index in [1.807, 2.05) is 35.7 Å². The molecule has 24 heavy (non-hydrogen) atoms. The number of ether oxygens (including phenoxy) is 1. The molecule has 1 unspecified atom stereocenters. The predicted octanol–water partition coefficient (Wildman–Crippen LogP) is 2.96. The Balaban J connectivity index is 1.81. The van der Waals surface area contributed by atoms with Crippen molar-refractivity contribution in [3.05, 3.63) is 56.7 Å². The second kappa shape index (κ2) is 7.14. The Bertz CT molecular complexity index is 761. The molecule has 3 rings (SSSR count). The summed E-state index contributed by atoms with van der Waals surface area (Å²) in [6.45, 7) is -0.230. The number of thiophene rings is 1. The molecule has 1 aromatic carbocycles. The maximum Gasteiger partial charge on any atom is 0.417 e. The molecule has 1 N–H and O–H groups in total. The highest BCUT2D eigenvalue weighted by Crippen LogP contribution is 2.22. The van der Waals surface area contributed by atoms with Gasteiger partial charge in [-0.15, -0.1) is 11.3 Å². The first kappa shape index (κ1) is 16.7. The van der Waals surface area contributed by atoms with Gasteiger partial charge < -0.3 is 10.1 Å². The molecular weight excluding hydrogens is 396 g/mol. The van der Waals surface area contributed by atoms with E-state index in [-0.39, 0.29) is 19.1 Å². The number of halogens is 1. The number of carbonyl (C=O) groups excluding carboxylic acids is 3. The summed E-state index contributed by atoms with van der Waals surface area (Å²) in [6.07, 6.45) is -0.686. The maximum absolute atomic E-state index is 12.4. The van der Waals surface area contributed by atoms with Crippen molar-refractivity contribution in [1.29, 1.82) is 0 Å². The number of imide groups is 1. The van der Waals surface area contributed by atoms with Crippen LogP contribution < -0.4 is 5.32 Å². The van der Waals surface area contributed by atoms with Crippen LogP contribution in [-0.4, -0.2) is 36.0 Å². The highest BCUT2D eigenvalue weighted by molar-refractivity contribution is 9.10. The van der Waals surface area contributed by atoms with E-state index in [4.69, 9.17) is 4.74 Å². The molecule has 2 aromatic rings. The number of cyclic esters (lactones) is 1. The summed E-state index contributed by atoms with van der Waals surface area (Å²) in [5.41, 5.74) is 0.800. The fourth-order valence-corrected chi connectivity index (χ4v) is 3.65. The summed E-state index contributed by atoms with van der Waals surface area (Å²) in [4.78, 5) is 37.4. The molecule has 2 heterocycles. The van der Waals surface area contributed by atoms with Crippen molar-refractivity contribution in [2.24, 2.45) is 0 Å². The normalized spacial score (nSPS) is 15.3. The molecule has 0 bridgehead atoms. The summed E-state index contributed by atoms with van der Waals surface area (Å²) in [5.74, 6) is -0.673. The molecule has 8 heteroatoms. The van der Waals surface area contributed by atoms with E-state index in [1.54, 1.807) is 6.07 Å². The fraction of sp³-hybridized carbons (Fsp3) is 0.188. The maximum atomic E-state index is 12.4. The van der Waals surface area contributed by atoms with Gasteiger partial charge in [0.1, 0.15) is 0 Å². The van der Waals surface area contributed by atoms with E-state index in [0.29, 0.717) is 4.88 Å². The van der Waals surface area contributed by atoms with Crippen molar-refractivity contribution in [3.63, 3.8) is 0 Å². The first-order valence-electron chi connectivity index (χ1n) is 7.11. The van der Waals surface area contributed by atoms with E-state index in [2.05, 4.69) is 21.2 Å². The zero-order valence-electron chi connectivity index (χ0n) is 12.4. The summed E-state index contributed by atoms with van der Waals surface area (Å²) in [5, 5.41) is 4.69. The third-order valence-corrected chi connectivity index (χ3v) is 5.19. The Morgan fingerprint density at radius 2 is 2.08 bits per heavy atom. The monoisotopic (exact) mass is 408 g/mol. The lowest BCUT2D eigenvalue weighted by atomic mass is 10.1. The second-order valence-corrected chi connectivity index (χ2v) is 6.95. The summed E-state index contributed by atoms with van der Waals surface area (Å²) in [6, 6.07) is 10.4. The van der Waals surface area contributed by atoms with E-state index in [0.717, 1.165) is 14.9 Å². The van der Waals surface area contributed by atoms with Crippen LogP contribution >= 0.6 is 27.3 Å². The largest absolute Gasteiger partial charge is 0.439 e. The molecule has 1 saturated heterocycles. The highest BCUT2D eigenvalue weighted by atomic mass is 79.9. The van der Waals surface area contributed by atoms with Crippen molar-refractivity contribution in [2.45, 2.75) is 6.04 Å². The van der Waals surface area contributed by atoms with Crippen LogP contribution in [0.15, 0.2) is 46.3 Å². The van der Waals surface area contributed by atoms with Gasteiger partial charge >= 0.3 is 6.09 Å². The fourth-order valence-electron chi connectivity index (χ4n) is 2.32. The summed E-state index contributed by atoms with van der Waals surface area (Å²) >= 11 is 4.62. The Morgan fingerprint density at radius 1 is 1.33 bits per heavy atom. The Kier molecular flexibility index (Phi) is 4.96. The second-order valence-electron chi connectivity index (χ2n) is 5.12. The minimum absolute atomic E-state index is 0.0277. The average Bonchev–Trinajstić information content (AvgIpc) is 3.15. The molecule has 0 aliphatic carbocycles. The third kappa shape index (κ3) is 3.65. The Hall–Kier alpha value is -2.19. The lowest BCUT2D eigenvalue weighted by Crippen LogP contribution is -2.40. The third-order valence-electron chi connectivity index (χ3n) is 3.50. The van der Waals surface area contributed by atoms with Gasteiger partial charge in [-0.1, -0.05) is 30.3 Å². The van der Waals surface area contributed by atoms with Gasteiger partial charge in [0.05, 0.1) is 17.5 Å². The molecule has 0 radical (unpaired) electrons. The molecule has 1 aromatic heterocycles. The van der Waals surface area contributed by atoms with Crippen molar-refractivity contribution in [1.82, 2.24) is 10.2 Å². The van der Waals surface area contributed by atoms with Crippen LogP contribution in [0.1, 0.15) is 21.3 Å². The molecule has 1 aliphatic rings. The molecule has 1 fully saturated rings. The van der Waals surface area contributed by atoms with Gasteiger partial charge in [-0.25, -0.2) is 9.69 Å². The summed E-state index contributed by atoms with van der Waals surface area (Å²) in [7, 11) is 0. The van der Waals surface area contributed by atoms with Gasteiger partial charge in [0.15, 0.2) is 6.61 Å². The molecule has 3 amide bonds. The first-order valence-corrected chi connectivity index (χ1v) is 8.79. The molecule has 124 valence electrons. The average molecular weight is 409 g/mol. The number of nitrogens with one attached hydrogen (secondary N) is 1. The van der Waals surface area contributed by atoms with Crippen LogP contribution in [0.25, 0.3) is 0 Å². The number of hydrogen-bond acceptors (Lipinski definition) is 5. The van der Waals surface area contributed by atoms with Crippen LogP contribution in [0.2, 0.25) is 0 Å². The summed E-state index contributed by atoms with van der Waals surface area (Å²) < 4.78 is 5.55. The minimum atomic E-state index is -0.686. The zero-order chi connectivity index (χ0) is 17.1. The van der Waals surface area contributed by atoms with Crippen molar-refractivity contribution < 1.29 is 19.1 Å². The standard InChI is InChI=1S/C16H13BrN2O4S/c17-11-6-13(24-9-11)15(21)18-12(10-4-2-1-3-5-10)7-19-14(20)8-23-16(19)22/h1-6,9,12H,7-8H2,(H,18,21). The number of rotatable bonds is 5. The predicted molar refractivity (Wildman–Crippen MR) is 91.7 cm³/mol. The van der Waals surface area contributed by atoms with E-state index >= 15 is 0 Å². The van der Waals surface area contributed by atoms with Gasteiger partial charge in [0, 0.05) is 9.85 Å². The van der Waals surface area contributed by atoms with Crippen LogP contribution in [0.3, 0.4) is 0 Å². The quantitative estimate of drug-likeness (QED) is 0.824. The lowest BCUT2D eigenvalue weighted by molar-refractivity contribution is -0.126. The number of amides is 3. The van der Waals surface area contributed by atoms with Crippen LogP contribution in [0, 0.1) is 0 Å². The topological polar surface area (TPSA) is 75.7 Å². The minimum Gasteiger partial charge on any atom is -0.439 e. The van der Waals surface area contributed by atoms with Crippen molar-refractivity contribution in [3.8, 4) is 0 Å².